The molecular formula is C18H19Cl3N2O. The lowest BCUT2D eigenvalue weighted by Gasteiger charge is -2.26. The van der Waals surface area contributed by atoms with Gasteiger partial charge in [-0.15, -0.1) is 12.4 Å². The Hall–Kier alpha value is -1.26. The first kappa shape index (κ1) is 19.1. The van der Waals surface area contributed by atoms with Gasteiger partial charge in [-0.25, -0.2) is 0 Å². The summed E-state index contributed by atoms with van der Waals surface area (Å²) >= 11 is 12.2. The molecule has 1 heterocycles. The van der Waals surface area contributed by atoms with Crippen LogP contribution in [0.3, 0.4) is 0 Å². The van der Waals surface area contributed by atoms with Crippen molar-refractivity contribution < 1.29 is 4.79 Å². The van der Waals surface area contributed by atoms with E-state index in [0.717, 1.165) is 18.7 Å². The van der Waals surface area contributed by atoms with Crippen molar-refractivity contribution >= 4 is 41.5 Å². The number of halogens is 3. The van der Waals surface area contributed by atoms with Crippen LogP contribution in [0.25, 0.3) is 0 Å². The molecule has 0 spiro atoms. The van der Waals surface area contributed by atoms with Crippen molar-refractivity contribution in [2.75, 3.05) is 7.05 Å². The van der Waals surface area contributed by atoms with Gasteiger partial charge in [-0.2, -0.15) is 0 Å². The second kappa shape index (κ2) is 7.75. The summed E-state index contributed by atoms with van der Waals surface area (Å²) in [6.07, 6.45) is 0. The highest BCUT2D eigenvalue weighted by molar-refractivity contribution is 6.35. The molecule has 3 rings (SSSR count). The molecule has 1 N–H and O–H groups in total. The number of rotatable bonds is 3. The quantitative estimate of drug-likeness (QED) is 0.819. The van der Waals surface area contributed by atoms with E-state index in [1.807, 2.05) is 31.2 Å². The number of amides is 1. The molecule has 2 aromatic rings. The zero-order chi connectivity index (χ0) is 16.6. The molecule has 1 amide bonds. The molecule has 1 aliphatic heterocycles. The van der Waals surface area contributed by atoms with Gasteiger partial charge in [-0.3, -0.25) is 4.79 Å². The average molecular weight is 386 g/mol. The summed E-state index contributed by atoms with van der Waals surface area (Å²) in [5.74, 6) is -0.0155. The summed E-state index contributed by atoms with van der Waals surface area (Å²) in [6.45, 7) is 3.65. The molecule has 0 aromatic heterocycles. The molecule has 0 aliphatic carbocycles. The van der Waals surface area contributed by atoms with Gasteiger partial charge in [0.05, 0.1) is 6.04 Å². The van der Waals surface area contributed by atoms with E-state index in [1.165, 1.54) is 11.1 Å². The van der Waals surface area contributed by atoms with E-state index >= 15 is 0 Å². The maximum Gasteiger partial charge on any atom is 0.254 e. The van der Waals surface area contributed by atoms with Gasteiger partial charge in [-0.1, -0.05) is 35.3 Å². The maximum absolute atomic E-state index is 12.8. The molecule has 1 aliphatic rings. The predicted octanol–water partition coefficient (Wildman–Crippen LogP) is 4.85. The molecule has 1 atom stereocenters. The van der Waals surface area contributed by atoms with Crippen LogP contribution in [0.2, 0.25) is 10.0 Å². The third-order valence-electron chi connectivity index (χ3n) is 4.40. The van der Waals surface area contributed by atoms with E-state index < -0.39 is 0 Å². The third kappa shape index (κ3) is 3.70. The largest absolute Gasteiger partial charge is 0.335 e. The minimum Gasteiger partial charge on any atom is -0.335 e. The number of benzene rings is 2. The first-order chi connectivity index (χ1) is 11.0. The van der Waals surface area contributed by atoms with E-state index in [-0.39, 0.29) is 24.4 Å². The first-order valence-electron chi connectivity index (χ1n) is 7.52. The summed E-state index contributed by atoms with van der Waals surface area (Å²) in [4.78, 5) is 14.5. The van der Waals surface area contributed by atoms with Crippen LogP contribution in [0.4, 0.5) is 0 Å². The Labute approximate surface area is 158 Å². The van der Waals surface area contributed by atoms with Gasteiger partial charge in [0.25, 0.3) is 5.91 Å². The fraction of sp³-hybridized carbons (Fsp3) is 0.278. The summed E-state index contributed by atoms with van der Waals surface area (Å²) in [5.41, 5.74) is 4.04. The number of hydrogen-bond donors (Lipinski definition) is 1. The lowest BCUT2D eigenvalue weighted by molar-refractivity contribution is 0.0742. The molecule has 0 saturated carbocycles. The minimum absolute atomic E-state index is 0. The first-order valence-corrected chi connectivity index (χ1v) is 8.27. The Bertz CT molecular complexity index is 764. The van der Waals surface area contributed by atoms with Gasteiger partial charge in [0, 0.05) is 35.7 Å². The molecule has 1 unspecified atom stereocenters. The van der Waals surface area contributed by atoms with Crippen molar-refractivity contribution in [2.45, 2.75) is 26.1 Å². The summed E-state index contributed by atoms with van der Waals surface area (Å²) in [5, 5.41) is 4.45. The SMILES string of the molecule is CC(c1ccc(Cl)cc1Cl)N(C)C(=O)c1ccc2c(c1)CNC2.Cl. The van der Waals surface area contributed by atoms with Gasteiger partial charge >= 0.3 is 0 Å². The molecule has 2 aromatic carbocycles. The van der Waals surface area contributed by atoms with Crippen LogP contribution in [-0.2, 0) is 13.1 Å². The van der Waals surface area contributed by atoms with E-state index in [0.29, 0.717) is 15.6 Å². The Morgan fingerprint density at radius 3 is 2.54 bits per heavy atom. The van der Waals surface area contributed by atoms with Crippen molar-refractivity contribution in [2.24, 2.45) is 0 Å². The van der Waals surface area contributed by atoms with Crippen LogP contribution in [0.5, 0.6) is 0 Å². The van der Waals surface area contributed by atoms with Gasteiger partial charge in [0.15, 0.2) is 0 Å². The van der Waals surface area contributed by atoms with Gasteiger partial charge < -0.3 is 10.2 Å². The summed E-state index contributed by atoms with van der Waals surface area (Å²) < 4.78 is 0. The van der Waals surface area contributed by atoms with Crippen molar-refractivity contribution in [3.63, 3.8) is 0 Å². The number of fused-ring (bicyclic) bond motifs is 1. The monoisotopic (exact) mass is 384 g/mol. The average Bonchev–Trinajstić information content (AvgIpc) is 3.00. The normalized spacial score (nSPS) is 13.8. The zero-order valence-electron chi connectivity index (χ0n) is 13.5. The smallest absolute Gasteiger partial charge is 0.254 e. The van der Waals surface area contributed by atoms with Crippen LogP contribution in [0.1, 0.15) is 40.0 Å². The molecule has 0 radical (unpaired) electrons. The fourth-order valence-electron chi connectivity index (χ4n) is 2.86. The second-order valence-electron chi connectivity index (χ2n) is 5.84. The molecule has 0 fully saturated rings. The topological polar surface area (TPSA) is 32.3 Å². The zero-order valence-corrected chi connectivity index (χ0v) is 15.8. The highest BCUT2D eigenvalue weighted by atomic mass is 35.5. The van der Waals surface area contributed by atoms with E-state index in [9.17, 15) is 4.79 Å². The number of carbonyl (C=O) groups excluding carboxylic acids is 1. The summed E-state index contributed by atoms with van der Waals surface area (Å²) in [7, 11) is 1.80. The molecule has 6 heteroatoms. The van der Waals surface area contributed by atoms with Crippen molar-refractivity contribution in [3.8, 4) is 0 Å². The van der Waals surface area contributed by atoms with Crippen molar-refractivity contribution in [3.05, 3.63) is 68.7 Å². The van der Waals surface area contributed by atoms with Crippen LogP contribution >= 0.6 is 35.6 Å². The van der Waals surface area contributed by atoms with Crippen molar-refractivity contribution in [1.82, 2.24) is 10.2 Å². The highest BCUT2D eigenvalue weighted by Gasteiger charge is 2.22. The van der Waals surface area contributed by atoms with E-state index in [1.54, 1.807) is 24.1 Å². The lowest BCUT2D eigenvalue weighted by Crippen LogP contribution is -2.30. The third-order valence-corrected chi connectivity index (χ3v) is 4.96. The Kier molecular flexibility index (Phi) is 6.16. The standard InChI is InChI=1S/C18H18Cl2N2O.ClH/c1-11(16-6-5-15(19)8-17(16)20)22(2)18(23)12-3-4-13-9-21-10-14(13)7-12;/h3-8,11,21H,9-10H2,1-2H3;1H. The van der Waals surface area contributed by atoms with Crippen LogP contribution in [0.15, 0.2) is 36.4 Å². The van der Waals surface area contributed by atoms with Crippen LogP contribution < -0.4 is 5.32 Å². The van der Waals surface area contributed by atoms with Gasteiger partial charge in [0.2, 0.25) is 0 Å². The van der Waals surface area contributed by atoms with E-state index in [4.69, 9.17) is 23.2 Å². The number of nitrogens with one attached hydrogen (secondary N) is 1. The second-order valence-corrected chi connectivity index (χ2v) is 6.69. The Morgan fingerprint density at radius 1 is 1.12 bits per heavy atom. The summed E-state index contributed by atoms with van der Waals surface area (Å²) in [6, 6.07) is 11.1. The highest BCUT2D eigenvalue weighted by Crippen LogP contribution is 2.30. The predicted molar refractivity (Wildman–Crippen MR) is 101 cm³/mol. The fourth-order valence-corrected chi connectivity index (χ4v) is 3.42. The maximum atomic E-state index is 12.8. The van der Waals surface area contributed by atoms with Gasteiger partial charge in [-0.05, 0) is 47.9 Å². The molecule has 3 nitrogen and oxygen atoms in total. The molecule has 24 heavy (non-hydrogen) atoms. The molecule has 0 bridgehead atoms. The molecule has 0 saturated heterocycles. The number of nitrogens with zero attached hydrogens (tertiary/aromatic N) is 1. The van der Waals surface area contributed by atoms with Crippen molar-refractivity contribution in [1.29, 1.82) is 0 Å². The number of carbonyl (C=O) groups is 1. The lowest BCUT2D eigenvalue weighted by atomic mass is 10.0. The van der Waals surface area contributed by atoms with Crippen LogP contribution in [-0.4, -0.2) is 17.9 Å². The van der Waals surface area contributed by atoms with Gasteiger partial charge in [0.1, 0.15) is 0 Å². The van der Waals surface area contributed by atoms with Crippen LogP contribution in [0, 0.1) is 0 Å². The molecular weight excluding hydrogens is 367 g/mol. The Balaban J connectivity index is 0.00000208. The number of hydrogen-bond acceptors (Lipinski definition) is 2. The molecule has 128 valence electrons. The van der Waals surface area contributed by atoms with E-state index in [2.05, 4.69) is 5.32 Å². The minimum atomic E-state index is -0.140. The Morgan fingerprint density at radius 2 is 1.83 bits per heavy atom.